The van der Waals surface area contributed by atoms with Crippen LogP contribution in [0, 0.1) is 5.92 Å². The Labute approximate surface area is 169 Å². The van der Waals surface area contributed by atoms with Gasteiger partial charge in [0.1, 0.15) is 0 Å². The van der Waals surface area contributed by atoms with E-state index in [1.54, 1.807) is 18.3 Å². The largest absolute Gasteiger partial charge is 0.381 e. The second-order valence-electron chi connectivity index (χ2n) is 6.44. The third-order valence-electron chi connectivity index (χ3n) is 4.63. The highest BCUT2D eigenvalue weighted by Gasteiger charge is 2.26. The molecule has 0 saturated carbocycles. The van der Waals surface area contributed by atoms with Gasteiger partial charge in [-0.05, 0) is 36.5 Å². The first-order valence-corrected chi connectivity index (χ1v) is 9.00. The highest BCUT2D eigenvalue weighted by molar-refractivity contribution is 6.31. The van der Waals surface area contributed by atoms with E-state index in [4.69, 9.17) is 22.1 Å². The number of amides is 1. The van der Waals surface area contributed by atoms with Crippen molar-refractivity contribution in [3.05, 3.63) is 63.5 Å². The molecule has 1 fully saturated rings. The van der Waals surface area contributed by atoms with E-state index in [0.29, 0.717) is 30.5 Å². The summed E-state index contributed by atoms with van der Waals surface area (Å²) in [5.41, 5.74) is 7.29. The molecule has 6 nitrogen and oxygen atoms in total. The van der Waals surface area contributed by atoms with Gasteiger partial charge in [0.05, 0.1) is 18.3 Å². The molecule has 3 N–H and O–H groups in total. The molecule has 1 saturated heterocycles. The first-order chi connectivity index (χ1) is 12.5. The van der Waals surface area contributed by atoms with Gasteiger partial charge in [-0.25, -0.2) is 0 Å². The van der Waals surface area contributed by atoms with Gasteiger partial charge in [-0.1, -0.05) is 29.8 Å². The van der Waals surface area contributed by atoms with Crippen molar-refractivity contribution in [3.8, 4) is 0 Å². The predicted octanol–water partition coefficient (Wildman–Crippen LogP) is 2.66. The van der Waals surface area contributed by atoms with E-state index in [2.05, 4.69) is 5.32 Å². The molecule has 27 heavy (non-hydrogen) atoms. The molecule has 0 bridgehead atoms. The fourth-order valence-corrected chi connectivity index (χ4v) is 3.25. The summed E-state index contributed by atoms with van der Waals surface area (Å²) in [6.45, 7) is 1.59. The summed E-state index contributed by atoms with van der Waals surface area (Å²) < 4.78 is 6.82. The Bertz CT molecular complexity index is 835. The van der Waals surface area contributed by atoms with Crippen LogP contribution in [-0.4, -0.2) is 29.7 Å². The minimum Gasteiger partial charge on any atom is -0.381 e. The van der Waals surface area contributed by atoms with Crippen molar-refractivity contribution in [1.29, 1.82) is 0 Å². The normalized spacial score (nSPS) is 15.6. The topological polar surface area (TPSA) is 86.4 Å². The van der Waals surface area contributed by atoms with Crippen molar-refractivity contribution >= 4 is 35.6 Å². The molecule has 1 aliphatic heterocycles. The predicted molar refractivity (Wildman–Crippen MR) is 109 cm³/mol. The molecule has 1 amide bonds. The van der Waals surface area contributed by atoms with E-state index in [9.17, 15) is 9.59 Å². The SMILES string of the molecule is Cl.NC(C(=O)Nc1ccc(=O)n(Cc2ccccc2Cl)c1)C1CCOCC1. The van der Waals surface area contributed by atoms with Crippen molar-refractivity contribution in [2.24, 2.45) is 11.7 Å². The smallest absolute Gasteiger partial charge is 0.250 e. The van der Waals surface area contributed by atoms with Gasteiger partial charge in [-0.15, -0.1) is 12.4 Å². The van der Waals surface area contributed by atoms with Crippen LogP contribution in [0.5, 0.6) is 0 Å². The number of pyridine rings is 1. The third-order valence-corrected chi connectivity index (χ3v) is 4.99. The Morgan fingerprint density at radius 2 is 1.96 bits per heavy atom. The lowest BCUT2D eigenvalue weighted by Crippen LogP contribution is -2.44. The van der Waals surface area contributed by atoms with Crippen LogP contribution in [-0.2, 0) is 16.1 Å². The van der Waals surface area contributed by atoms with Gasteiger partial charge in [0.25, 0.3) is 5.56 Å². The van der Waals surface area contributed by atoms with E-state index >= 15 is 0 Å². The molecule has 1 aromatic heterocycles. The molecule has 1 aliphatic rings. The van der Waals surface area contributed by atoms with Gasteiger partial charge in [0.15, 0.2) is 0 Å². The van der Waals surface area contributed by atoms with Crippen molar-refractivity contribution in [3.63, 3.8) is 0 Å². The number of anilines is 1. The molecular weight excluding hydrogens is 389 g/mol. The molecule has 3 rings (SSSR count). The molecule has 1 atom stereocenters. The number of nitrogens with two attached hydrogens (primary N) is 1. The Hall–Kier alpha value is -1.86. The zero-order valence-corrected chi connectivity index (χ0v) is 16.3. The zero-order chi connectivity index (χ0) is 18.5. The number of ether oxygens (including phenoxy) is 1. The van der Waals surface area contributed by atoms with E-state index in [-0.39, 0.29) is 29.8 Å². The second-order valence-corrected chi connectivity index (χ2v) is 6.85. The van der Waals surface area contributed by atoms with Crippen molar-refractivity contribution in [2.75, 3.05) is 18.5 Å². The lowest BCUT2D eigenvalue weighted by molar-refractivity contribution is -0.119. The van der Waals surface area contributed by atoms with Crippen LogP contribution >= 0.6 is 24.0 Å². The fraction of sp³-hybridized carbons (Fsp3) is 0.368. The van der Waals surface area contributed by atoms with Crippen molar-refractivity contribution in [1.82, 2.24) is 4.57 Å². The lowest BCUT2D eigenvalue weighted by Gasteiger charge is -2.26. The van der Waals surface area contributed by atoms with E-state index in [1.165, 1.54) is 10.6 Å². The maximum Gasteiger partial charge on any atom is 0.250 e. The van der Waals surface area contributed by atoms with Gasteiger partial charge < -0.3 is 20.4 Å². The van der Waals surface area contributed by atoms with Crippen LogP contribution in [0.3, 0.4) is 0 Å². The van der Waals surface area contributed by atoms with E-state index < -0.39 is 6.04 Å². The number of carbonyl (C=O) groups excluding carboxylic acids is 1. The number of nitrogens with one attached hydrogen (secondary N) is 1. The molecule has 2 aromatic rings. The van der Waals surface area contributed by atoms with Crippen LogP contribution in [0.4, 0.5) is 5.69 Å². The minimum absolute atomic E-state index is 0. The first kappa shape index (κ1) is 21.4. The van der Waals surface area contributed by atoms with Gasteiger partial charge in [0.2, 0.25) is 5.91 Å². The summed E-state index contributed by atoms with van der Waals surface area (Å²) in [5.74, 6) is -0.141. The monoisotopic (exact) mass is 411 g/mol. The molecule has 0 spiro atoms. The summed E-state index contributed by atoms with van der Waals surface area (Å²) in [5, 5.41) is 3.40. The number of hydrogen-bond donors (Lipinski definition) is 2. The number of benzene rings is 1. The van der Waals surface area contributed by atoms with Gasteiger partial charge in [0, 0.05) is 30.5 Å². The Balaban J connectivity index is 0.00000261. The maximum absolute atomic E-state index is 12.4. The van der Waals surface area contributed by atoms with Gasteiger partial charge >= 0.3 is 0 Å². The maximum atomic E-state index is 12.4. The molecule has 0 aliphatic carbocycles. The molecule has 0 radical (unpaired) electrons. The van der Waals surface area contributed by atoms with Crippen LogP contribution in [0.15, 0.2) is 47.4 Å². The number of carbonyl (C=O) groups is 1. The van der Waals surface area contributed by atoms with Crippen LogP contribution in [0.2, 0.25) is 5.02 Å². The molecule has 8 heteroatoms. The van der Waals surface area contributed by atoms with E-state index in [1.807, 2.05) is 18.2 Å². The number of halogens is 2. The molecule has 1 aromatic carbocycles. The highest BCUT2D eigenvalue weighted by Crippen LogP contribution is 2.19. The Morgan fingerprint density at radius 3 is 2.67 bits per heavy atom. The summed E-state index contributed by atoms with van der Waals surface area (Å²) in [7, 11) is 0. The third kappa shape index (κ3) is 5.56. The summed E-state index contributed by atoms with van der Waals surface area (Å²) >= 11 is 6.17. The van der Waals surface area contributed by atoms with Crippen LogP contribution in [0.25, 0.3) is 0 Å². The summed E-state index contributed by atoms with van der Waals surface area (Å²) in [6.07, 6.45) is 3.17. The Morgan fingerprint density at radius 1 is 1.26 bits per heavy atom. The molecule has 1 unspecified atom stereocenters. The molecule has 146 valence electrons. The number of hydrogen-bond acceptors (Lipinski definition) is 4. The summed E-state index contributed by atoms with van der Waals surface area (Å²) in [6, 6.07) is 9.75. The van der Waals surface area contributed by atoms with Crippen molar-refractivity contribution in [2.45, 2.75) is 25.4 Å². The summed E-state index contributed by atoms with van der Waals surface area (Å²) in [4.78, 5) is 24.6. The van der Waals surface area contributed by atoms with Crippen LogP contribution < -0.4 is 16.6 Å². The minimum atomic E-state index is -0.595. The molecular formula is C19H23Cl2N3O3. The molecule has 2 heterocycles. The Kier molecular flexibility index (Phi) is 7.86. The average molecular weight is 412 g/mol. The number of aromatic nitrogens is 1. The number of rotatable bonds is 5. The van der Waals surface area contributed by atoms with Gasteiger partial charge in [-0.2, -0.15) is 0 Å². The van der Waals surface area contributed by atoms with Crippen molar-refractivity contribution < 1.29 is 9.53 Å². The second kappa shape index (κ2) is 9.90. The van der Waals surface area contributed by atoms with E-state index in [0.717, 1.165) is 18.4 Å². The standard InChI is InChI=1S/C19H22ClN3O3.ClH/c20-16-4-2-1-3-14(16)11-23-12-15(5-6-17(23)24)22-19(25)18(21)13-7-9-26-10-8-13;/h1-6,12-13,18H,7-11,21H2,(H,22,25);1H. The van der Waals surface area contributed by atoms with Crippen LogP contribution in [0.1, 0.15) is 18.4 Å². The average Bonchev–Trinajstić information content (AvgIpc) is 2.66. The van der Waals surface area contributed by atoms with Gasteiger partial charge in [-0.3, -0.25) is 9.59 Å². The number of nitrogens with zero attached hydrogens (tertiary/aromatic N) is 1. The first-order valence-electron chi connectivity index (χ1n) is 8.62. The fourth-order valence-electron chi connectivity index (χ4n) is 3.05. The highest BCUT2D eigenvalue weighted by atomic mass is 35.5. The quantitative estimate of drug-likeness (QED) is 0.791. The zero-order valence-electron chi connectivity index (χ0n) is 14.8. The lowest BCUT2D eigenvalue weighted by atomic mass is 9.92.